The van der Waals surface area contributed by atoms with Crippen LogP contribution in [0.5, 0.6) is 5.75 Å². The largest absolute Gasteiger partial charge is 0.491 e. The summed E-state index contributed by atoms with van der Waals surface area (Å²) in [6.45, 7) is 7.07. The van der Waals surface area contributed by atoms with Gasteiger partial charge >= 0.3 is 0 Å². The third-order valence-corrected chi connectivity index (χ3v) is 7.71. The molecule has 6 nitrogen and oxygen atoms in total. The number of carbonyl (C=O) groups excluding carboxylic acids is 1. The Morgan fingerprint density at radius 3 is 2.19 bits per heavy atom. The molecule has 6 rings (SSSR count). The first kappa shape index (κ1) is 24.1. The first-order valence-corrected chi connectivity index (χ1v) is 13.1. The summed E-state index contributed by atoms with van der Waals surface area (Å²) in [5.41, 5.74) is 5.53. The van der Waals surface area contributed by atoms with E-state index in [0.717, 1.165) is 45.9 Å². The van der Waals surface area contributed by atoms with Crippen LogP contribution in [0.3, 0.4) is 0 Å². The highest BCUT2D eigenvalue weighted by Gasteiger charge is 2.35. The van der Waals surface area contributed by atoms with E-state index in [9.17, 15) is 9.18 Å². The van der Waals surface area contributed by atoms with E-state index in [1.54, 1.807) is 6.07 Å². The van der Waals surface area contributed by atoms with Gasteiger partial charge in [-0.05, 0) is 40.5 Å². The number of fused-ring (bicyclic) bond motifs is 3. The summed E-state index contributed by atoms with van der Waals surface area (Å²) in [5.74, 6) is -0.157. The van der Waals surface area contributed by atoms with Crippen LogP contribution < -0.4 is 4.74 Å². The molecule has 1 aliphatic carbocycles. The maximum Gasteiger partial charge on any atom is 0.257 e. The van der Waals surface area contributed by atoms with Crippen molar-refractivity contribution in [3.8, 4) is 16.9 Å². The Morgan fingerprint density at radius 2 is 1.51 bits per heavy atom. The summed E-state index contributed by atoms with van der Waals surface area (Å²) in [4.78, 5) is 20.1. The van der Waals surface area contributed by atoms with E-state index < -0.39 is 5.82 Å². The molecule has 0 aromatic heterocycles. The molecule has 192 valence electrons. The van der Waals surface area contributed by atoms with Crippen LogP contribution in [0.2, 0.25) is 0 Å². The van der Waals surface area contributed by atoms with Crippen LogP contribution in [0.15, 0.2) is 66.7 Å². The fourth-order valence-corrected chi connectivity index (χ4v) is 5.78. The molecule has 37 heavy (non-hydrogen) atoms. The molecule has 3 aromatic carbocycles. The van der Waals surface area contributed by atoms with Gasteiger partial charge in [-0.3, -0.25) is 14.6 Å². The van der Waals surface area contributed by atoms with Gasteiger partial charge in [-0.15, -0.1) is 0 Å². The molecule has 2 heterocycles. The fourth-order valence-electron chi connectivity index (χ4n) is 5.78. The van der Waals surface area contributed by atoms with Crippen LogP contribution in [-0.4, -0.2) is 86.2 Å². The van der Waals surface area contributed by atoms with Crippen molar-refractivity contribution >= 4 is 5.91 Å². The molecule has 0 bridgehead atoms. The van der Waals surface area contributed by atoms with Crippen LogP contribution in [-0.2, 0) is 4.74 Å². The minimum Gasteiger partial charge on any atom is -0.491 e. The highest BCUT2D eigenvalue weighted by atomic mass is 19.1. The molecular weight excluding hydrogens is 469 g/mol. The van der Waals surface area contributed by atoms with Gasteiger partial charge in [0.05, 0.1) is 24.8 Å². The lowest BCUT2D eigenvalue weighted by atomic mass is 10.0. The molecule has 3 aromatic rings. The average molecular weight is 502 g/mol. The molecule has 2 fully saturated rings. The molecule has 0 atom stereocenters. The van der Waals surface area contributed by atoms with Gasteiger partial charge in [-0.25, -0.2) is 4.39 Å². The van der Waals surface area contributed by atoms with E-state index in [1.807, 2.05) is 4.90 Å². The first-order chi connectivity index (χ1) is 18.2. The van der Waals surface area contributed by atoms with Crippen molar-refractivity contribution in [1.29, 1.82) is 0 Å². The second-order valence-corrected chi connectivity index (χ2v) is 9.85. The minimum atomic E-state index is -0.429. The predicted octanol–water partition coefficient (Wildman–Crippen LogP) is 4.06. The van der Waals surface area contributed by atoms with Crippen molar-refractivity contribution < 1.29 is 18.7 Å². The van der Waals surface area contributed by atoms with Gasteiger partial charge in [0.25, 0.3) is 5.91 Å². The number of ether oxygens (including phenoxy) is 2. The summed E-state index contributed by atoms with van der Waals surface area (Å²) in [7, 11) is 0. The SMILES string of the molecule is O=C(c1cc(F)ccc1OCCN1CCOCC1)N1CCN(C2c3ccccc3-c3ccccc32)CC1. The molecular formula is C30H32FN3O3. The third kappa shape index (κ3) is 4.87. The molecule has 1 amide bonds. The Hall–Kier alpha value is -3.26. The number of hydrogen-bond acceptors (Lipinski definition) is 5. The van der Waals surface area contributed by atoms with Crippen LogP contribution in [0, 0.1) is 5.82 Å². The van der Waals surface area contributed by atoms with Crippen molar-refractivity contribution in [3.63, 3.8) is 0 Å². The van der Waals surface area contributed by atoms with Crippen LogP contribution in [0.4, 0.5) is 4.39 Å². The number of hydrogen-bond donors (Lipinski definition) is 0. The number of rotatable bonds is 6. The maximum absolute atomic E-state index is 14.2. The van der Waals surface area contributed by atoms with Gasteiger partial charge in [0.1, 0.15) is 18.2 Å². The van der Waals surface area contributed by atoms with Gasteiger partial charge in [0, 0.05) is 45.8 Å². The molecule has 7 heteroatoms. The van der Waals surface area contributed by atoms with Crippen LogP contribution >= 0.6 is 0 Å². The van der Waals surface area contributed by atoms with E-state index in [4.69, 9.17) is 9.47 Å². The Balaban J connectivity index is 1.13. The standard InChI is InChI=1S/C30H32FN3O3/c31-22-9-10-28(37-20-17-32-15-18-36-19-16-32)27(21-22)30(35)34-13-11-33(12-14-34)29-25-7-3-1-5-23(25)24-6-2-4-8-26(24)29/h1-10,21,29H,11-20H2. The van der Waals surface area contributed by atoms with Gasteiger partial charge in [-0.1, -0.05) is 48.5 Å². The van der Waals surface area contributed by atoms with E-state index in [1.165, 1.54) is 34.4 Å². The van der Waals surface area contributed by atoms with E-state index in [0.29, 0.717) is 31.0 Å². The van der Waals surface area contributed by atoms with Gasteiger partial charge in [-0.2, -0.15) is 0 Å². The maximum atomic E-state index is 14.2. The second-order valence-electron chi connectivity index (χ2n) is 9.85. The molecule has 3 aliphatic rings. The Labute approximate surface area is 217 Å². The Kier molecular flexibility index (Phi) is 6.91. The lowest BCUT2D eigenvalue weighted by Crippen LogP contribution is -2.49. The molecule has 0 unspecified atom stereocenters. The lowest BCUT2D eigenvalue weighted by molar-refractivity contribution is 0.0321. The van der Waals surface area contributed by atoms with Gasteiger partial charge in [0.15, 0.2) is 0 Å². The minimum absolute atomic E-state index is 0.173. The number of piperazine rings is 1. The predicted molar refractivity (Wildman–Crippen MR) is 140 cm³/mol. The molecule has 2 aliphatic heterocycles. The summed E-state index contributed by atoms with van der Waals surface area (Å²) < 4.78 is 25.6. The zero-order valence-corrected chi connectivity index (χ0v) is 20.9. The summed E-state index contributed by atoms with van der Waals surface area (Å²) in [5, 5.41) is 0. The number of nitrogens with zero attached hydrogens (tertiary/aromatic N) is 3. The van der Waals surface area contributed by atoms with Crippen molar-refractivity contribution in [2.24, 2.45) is 0 Å². The highest BCUT2D eigenvalue weighted by Crippen LogP contribution is 2.46. The third-order valence-electron chi connectivity index (χ3n) is 7.71. The van der Waals surface area contributed by atoms with Gasteiger partial charge < -0.3 is 14.4 Å². The number of halogens is 1. The van der Waals surface area contributed by atoms with E-state index in [2.05, 4.69) is 58.3 Å². The Morgan fingerprint density at radius 1 is 0.865 bits per heavy atom. The van der Waals surface area contributed by atoms with Crippen molar-refractivity contribution in [3.05, 3.63) is 89.2 Å². The van der Waals surface area contributed by atoms with Crippen LogP contribution in [0.25, 0.3) is 11.1 Å². The molecule has 0 N–H and O–H groups in total. The molecule has 2 saturated heterocycles. The monoisotopic (exact) mass is 501 g/mol. The molecule has 0 radical (unpaired) electrons. The number of benzene rings is 3. The normalized spacial score (nSPS) is 18.5. The number of morpholine rings is 1. The van der Waals surface area contributed by atoms with E-state index >= 15 is 0 Å². The number of carbonyl (C=O) groups is 1. The topological polar surface area (TPSA) is 45.2 Å². The van der Waals surface area contributed by atoms with Crippen molar-refractivity contribution in [2.75, 3.05) is 65.6 Å². The van der Waals surface area contributed by atoms with Crippen molar-refractivity contribution in [1.82, 2.24) is 14.7 Å². The fraction of sp³-hybridized carbons (Fsp3) is 0.367. The zero-order chi connectivity index (χ0) is 25.2. The molecule has 0 saturated carbocycles. The number of amides is 1. The van der Waals surface area contributed by atoms with Gasteiger partial charge in [0.2, 0.25) is 0 Å². The second kappa shape index (κ2) is 10.6. The first-order valence-electron chi connectivity index (χ1n) is 13.1. The molecule has 0 spiro atoms. The Bertz CT molecular complexity index is 1220. The quantitative estimate of drug-likeness (QED) is 0.510. The smallest absolute Gasteiger partial charge is 0.257 e. The summed E-state index contributed by atoms with van der Waals surface area (Å²) in [6.07, 6.45) is 0. The average Bonchev–Trinajstić information content (AvgIpc) is 3.28. The highest BCUT2D eigenvalue weighted by molar-refractivity contribution is 5.97. The van der Waals surface area contributed by atoms with Crippen LogP contribution in [0.1, 0.15) is 27.5 Å². The summed E-state index contributed by atoms with van der Waals surface area (Å²) >= 11 is 0. The zero-order valence-electron chi connectivity index (χ0n) is 20.9. The van der Waals surface area contributed by atoms with E-state index in [-0.39, 0.29) is 11.9 Å². The lowest BCUT2D eigenvalue weighted by Gasteiger charge is -2.39. The van der Waals surface area contributed by atoms with Crippen molar-refractivity contribution in [2.45, 2.75) is 6.04 Å². The summed E-state index contributed by atoms with van der Waals surface area (Å²) in [6, 6.07) is 21.6.